The highest BCUT2D eigenvalue weighted by molar-refractivity contribution is 7.20. The second kappa shape index (κ2) is 5.88. The Kier molecular flexibility index (Phi) is 3.60. The van der Waals surface area contributed by atoms with Gasteiger partial charge < -0.3 is 4.90 Å². The first-order valence-electron chi connectivity index (χ1n) is 8.70. The summed E-state index contributed by atoms with van der Waals surface area (Å²) in [5, 5.41) is 0.918. The van der Waals surface area contributed by atoms with E-state index in [1.54, 1.807) is 6.07 Å². The predicted molar refractivity (Wildman–Crippen MR) is 99.6 cm³/mol. The Morgan fingerprint density at radius 2 is 1.85 bits per heavy atom. The van der Waals surface area contributed by atoms with Gasteiger partial charge in [0.15, 0.2) is 11.6 Å². The minimum atomic E-state index is -0.835. The molecule has 1 saturated heterocycles. The lowest BCUT2D eigenvalue weighted by Gasteiger charge is -2.14. The van der Waals surface area contributed by atoms with Gasteiger partial charge in [-0.25, -0.2) is 13.2 Å². The van der Waals surface area contributed by atoms with Gasteiger partial charge in [-0.3, -0.25) is 0 Å². The molecule has 1 nitrogen and oxygen atoms in total. The minimum Gasteiger partial charge on any atom is -0.360 e. The minimum absolute atomic E-state index is 0.342. The van der Waals surface area contributed by atoms with Crippen LogP contribution in [0.4, 0.5) is 18.2 Å². The molecule has 0 unspecified atom stereocenters. The third-order valence-corrected chi connectivity index (χ3v) is 6.48. The van der Waals surface area contributed by atoms with Gasteiger partial charge in [-0.15, -0.1) is 11.3 Å². The molecule has 5 heteroatoms. The molecule has 1 aliphatic heterocycles. The molecule has 132 valence electrons. The first-order chi connectivity index (χ1) is 12.6. The zero-order chi connectivity index (χ0) is 17.8. The van der Waals surface area contributed by atoms with Crippen molar-refractivity contribution in [2.24, 2.45) is 0 Å². The number of benzene rings is 2. The standard InChI is InChI=1S/C21H16F3NS/c22-14-7-8-25(11-14)18-10-16-19-13(5-6-17(23)20(19)24)9-12-3-1-2-4-15(12)21(16)26-18/h1-6,10,14H,7-9,11H2/t14-/m1/s1. The molecule has 1 aromatic heterocycles. The van der Waals surface area contributed by atoms with Gasteiger partial charge in [-0.1, -0.05) is 30.3 Å². The number of anilines is 1. The Bertz CT molecular complexity index is 1010. The molecule has 0 saturated carbocycles. The number of fused-ring (bicyclic) bond motifs is 5. The van der Waals surface area contributed by atoms with Crippen LogP contribution in [0.15, 0.2) is 42.5 Å². The maximum Gasteiger partial charge on any atom is 0.166 e. The highest BCUT2D eigenvalue weighted by atomic mass is 32.1. The summed E-state index contributed by atoms with van der Waals surface area (Å²) in [6.45, 7) is 1.01. The summed E-state index contributed by atoms with van der Waals surface area (Å²) in [6, 6.07) is 12.8. The molecule has 3 aromatic rings. The van der Waals surface area contributed by atoms with Crippen LogP contribution in [0.1, 0.15) is 17.5 Å². The van der Waals surface area contributed by atoms with Gasteiger partial charge in [0.1, 0.15) is 6.17 Å². The number of nitrogens with zero attached hydrogens (tertiary/aromatic N) is 1. The maximum absolute atomic E-state index is 14.8. The number of alkyl halides is 1. The van der Waals surface area contributed by atoms with Crippen LogP contribution in [0.5, 0.6) is 0 Å². The van der Waals surface area contributed by atoms with Crippen molar-refractivity contribution in [1.29, 1.82) is 0 Å². The van der Waals surface area contributed by atoms with Crippen LogP contribution in [-0.2, 0) is 6.42 Å². The summed E-state index contributed by atoms with van der Waals surface area (Å²) in [5.74, 6) is -1.64. The normalized spacial score (nSPS) is 18.3. The van der Waals surface area contributed by atoms with Crippen molar-refractivity contribution in [1.82, 2.24) is 0 Å². The molecular formula is C21H16F3NS. The topological polar surface area (TPSA) is 3.24 Å². The summed E-state index contributed by atoms with van der Waals surface area (Å²) >= 11 is 1.54. The van der Waals surface area contributed by atoms with Gasteiger partial charge in [0.25, 0.3) is 0 Å². The summed E-state index contributed by atoms with van der Waals surface area (Å²) in [5.41, 5.74) is 3.98. The van der Waals surface area contributed by atoms with E-state index in [4.69, 9.17) is 0 Å². The first kappa shape index (κ1) is 15.9. The molecule has 0 bridgehead atoms. The van der Waals surface area contributed by atoms with Gasteiger partial charge in [0.2, 0.25) is 0 Å². The van der Waals surface area contributed by atoms with E-state index < -0.39 is 17.8 Å². The van der Waals surface area contributed by atoms with E-state index in [9.17, 15) is 13.2 Å². The van der Waals surface area contributed by atoms with E-state index in [0.29, 0.717) is 37.1 Å². The van der Waals surface area contributed by atoms with Crippen molar-refractivity contribution in [2.45, 2.75) is 19.0 Å². The smallest absolute Gasteiger partial charge is 0.166 e. The van der Waals surface area contributed by atoms with Crippen LogP contribution in [-0.4, -0.2) is 19.3 Å². The third kappa shape index (κ3) is 2.37. The molecule has 0 amide bonds. The molecule has 0 N–H and O–H groups in total. The van der Waals surface area contributed by atoms with Crippen molar-refractivity contribution < 1.29 is 13.2 Å². The second-order valence-corrected chi connectivity index (χ2v) is 7.92. The van der Waals surface area contributed by atoms with E-state index in [1.165, 1.54) is 17.4 Å². The third-order valence-electron chi connectivity index (χ3n) is 5.25. The fourth-order valence-corrected chi connectivity index (χ4v) is 5.23. The Hall–Kier alpha value is -2.27. The van der Waals surface area contributed by atoms with Crippen molar-refractivity contribution in [3.05, 3.63) is 65.2 Å². The van der Waals surface area contributed by atoms with Crippen LogP contribution in [0, 0.1) is 11.6 Å². The van der Waals surface area contributed by atoms with Gasteiger partial charge >= 0.3 is 0 Å². The lowest BCUT2D eigenvalue weighted by atomic mass is 9.98. The zero-order valence-corrected chi connectivity index (χ0v) is 14.8. The fraction of sp³-hybridized carbons (Fsp3) is 0.238. The summed E-state index contributed by atoms with van der Waals surface area (Å²) < 4.78 is 42.4. The molecule has 1 fully saturated rings. The molecule has 2 heterocycles. The van der Waals surface area contributed by atoms with Crippen LogP contribution in [0.25, 0.3) is 21.6 Å². The van der Waals surface area contributed by atoms with E-state index in [1.807, 2.05) is 35.2 Å². The molecule has 2 aromatic carbocycles. The average Bonchev–Trinajstić information content (AvgIpc) is 3.23. The van der Waals surface area contributed by atoms with Gasteiger partial charge in [0, 0.05) is 29.1 Å². The Morgan fingerprint density at radius 3 is 2.65 bits per heavy atom. The molecule has 26 heavy (non-hydrogen) atoms. The number of hydrogen-bond donors (Lipinski definition) is 0. The summed E-state index contributed by atoms with van der Waals surface area (Å²) in [7, 11) is 0. The average molecular weight is 371 g/mol. The van der Waals surface area contributed by atoms with Gasteiger partial charge in [0.05, 0.1) is 5.00 Å². The number of hydrogen-bond acceptors (Lipinski definition) is 2. The van der Waals surface area contributed by atoms with Crippen molar-refractivity contribution in [3.63, 3.8) is 0 Å². The SMILES string of the molecule is Fc1ccc2c(c1F)-c1cc(N3CC[C@@H](F)C3)sc1-c1ccccc1C2. The van der Waals surface area contributed by atoms with Crippen molar-refractivity contribution in [2.75, 3.05) is 18.0 Å². The van der Waals surface area contributed by atoms with Gasteiger partial charge in [-0.05, 0) is 41.7 Å². The monoisotopic (exact) mass is 371 g/mol. The maximum atomic E-state index is 14.8. The van der Waals surface area contributed by atoms with Crippen LogP contribution in [0.3, 0.4) is 0 Å². The van der Waals surface area contributed by atoms with E-state index in [2.05, 4.69) is 0 Å². The number of halogens is 3. The van der Waals surface area contributed by atoms with E-state index in [0.717, 1.165) is 26.6 Å². The first-order valence-corrected chi connectivity index (χ1v) is 9.52. The summed E-state index contributed by atoms with van der Waals surface area (Å²) in [4.78, 5) is 2.94. The molecule has 5 rings (SSSR count). The molecule has 2 aliphatic rings. The number of thiophene rings is 1. The van der Waals surface area contributed by atoms with Crippen LogP contribution < -0.4 is 4.90 Å². The van der Waals surface area contributed by atoms with E-state index in [-0.39, 0.29) is 0 Å². The van der Waals surface area contributed by atoms with Crippen molar-refractivity contribution in [3.8, 4) is 21.6 Å². The number of rotatable bonds is 1. The molecule has 1 aliphatic carbocycles. The Labute approximate surface area is 153 Å². The Balaban J connectivity index is 1.77. The summed E-state index contributed by atoms with van der Waals surface area (Å²) in [6.07, 6.45) is 0.250. The fourth-order valence-electron chi connectivity index (χ4n) is 3.97. The highest BCUT2D eigenvalue weighted by Crippen LogP contribution is 2.49. The van der Waals surface area contributed by atoms with Gasteiger partial charge in [-0.2, -0.15) is 0 Å². The quantitative estimate of drug-likeness (QED) is 0.408. The molecule has 0 spiro atoms. The lowest BCUT2D eigenvalue weighted by molar-refractivity contribution is 0.364. The lowest BCUT2D eigenvalue weighted by Crippen LogP contribution is -2.18. The van der Waals surface area contributed by atoms with Crippen LogP contribution >= 0.6 is 11.3 Å². The largest absolute Gasteiger partial charge is 0.360 e. The highest BCUT2D eigenvalue weighted by Gasteiger charge is 2.29. The molecule has 0 radical (unpaired) electrons. The molecular weight excluding hydrogens is 355 g/mol. The van der Waals surface area contributed by atoms with Crippen LogP contribution in [0.2, 0.25) is 0 Å². The van der Waals surface area contributed by atoms with Crippen molar-refractivity contribution >= 4 is 16.3 Å². The Morgan fingerprint density at radius 1 is 1.00 bits per heavy atom. The van der Waals surface area contributed by atoms with E-state index >= 15 is 0 Å². The second-order valence-electron chi connectivity index (χ2n) is 6.89. The predicted octanol–water partition coefficient (Wildman–Crippen LogP) is 5.81. The zero-order valence-electron chi connectivity index (χ0n) is 13.9. The molecule has 1 atom stereocenters.